The molecule has 226 valence electrons. The summed E-state index contributed by atoms with van der Waals surface area (Å²) in [5.41, 5.74) is 11.1. The highest BCUT2D eigenvalue weighted by Crippen LogP contribution is 2.27. The maximum absolute atomic E-state index is 13.9. The van der Waals surface area contributed by atoms with Crippen molar-refractivity contribution in [3.8, 4) is 11.5 Å². The van der Waals surface area contributed by atoms with Gasteiger partial charge in [-0.1, -0.05) is 37.7 Å². The van der Waals surface area contributed by atoms with Crippen LogP contribution in [-0.4, -0.2) is 61.4 Å². The first-order chi connectivity index (χ1) is 20.6. The number of ether oxygens (including phenoxy) is 2. The summed E-state index contributed by atoms with van der Waals surface area (Å²) in [6.07, 6.45) is 2.47. The minimum absolute atomic E-state index is 0.0243. The SMILES string of the molecule is CCS(=O)c1ncc(C(=O)c2c(F)cccc2OC)c(N)n1.CCSc1ncc(C(=O)c2c(F)cccc2OC)c(N)n1. The molecule has 0 saturated carbocycles. The number of nitrogen functional groups attached to an aromatic ring is 2. The van der Waals surface area contributed by atoms with E-state index in [0.717, 1.165) is 18.0 Å². The van der Waals surface area contributed by atoms with E-state index in [1.165, 1.54) is 62.5 Å². The molecule has 15 heteroatoms. The van der Waals surface area contributed by atoms with Crippen molar-refractivity contribution in [2.24, 2.45) is 0 Å². The van der Waals surface area contributed by atoms with Gasteiger partial charge in [-0.25, -0.2) is 28.7 Å². The molecule has 2 aromatic carbocycles. The molecule has 43 heavy (non-hydrogen) atoms. The Morgan fingerprint density at radius 1 is 0.837 bits per heavy atom. The average Bonchev–Trinajstić information content (AvgIpc) is 3.00. The van der Waals surface area contributed by atoms with E-state index in [-0.39, 0.29) is 50.5 Å². The lowest BCUT2D eigenvalue weighted by atomic mass is 10.0. The van der Waals surface area contributed by atoms with Crippen molar-refractivity contribution in [2.75, 3.05) is 37.2 Å². The summed E-state index contributed by atoms with van der Waals surface area (Å²) in [5.74, 6) is -1.48. The normalized spacial score (nSPS) is 11.2. The number of halogens is 2. The fourth-order valence-corrected chi connectivity index (χ4v) is 4.78. The topological polar surface area (TPSA) is 173 Å². The quantitative estimate of drug-likeness (QED) is 0.146. The molecule has 0 bridgehead atoms. The molecule has 2 aromatic heterocycles. The molecule has 0 amide bonds. The van der Waals surface area contributed by atoms with Crippen LogP contribution < -0.4 is 20.9 Å². The van der Waals surface area contributed by atoms with Crippen LogP contribution in [0.15, 0.2) is 59.1 Å². The summed E-state index contributed by atoms with van der Waals surface area (Å²) in [5, 5.41) is 0.518. The lowest BCUT2D eigenvalue weighted by molar-refractivity contribution is 0.102. The molecule has 0 aliphatic carbocycles. The van der Waals surface area contributed by atoms with Crippen molar-refractivity contribution in [1.29, 1.82) is 0 Å². The molecule has 2 heterocycles. The van der Waals surface area contributed by atoms with E-state index in [1.54, 1.807) is 6.92 Å². The van der Waals surface area contributed by atoms with E-state index in [2.05, 4.69) is 19.9 Å². The summed E-state index contributed by atoms with van der Waals surface area (Å²) >= 11 is 1.40. The van der Waals surface area contributed by atoms with E-state index in [0.29, 0.717) is 10.9 Å². The first-order valence-electron chi connectivity index (χ1n) is 12.6. The highest BCUT2D eigenvalue weighted by Gasteiger charge is 2.24. The maximum atomic E-state index is 13.9. The summed E-state index contributed by atoms with van der Waals surface area (Å²) in [4.78, 5) is 40.7. The highest BCUT2D eigenvalue weighted by atomic mass is 32.2. The Morgan fingerprint density at radius 2 is 1.33 bits per heavy atom. The van der Waals surface area contributed by atoms with E-state index >= 15 is 0 Å². The van der Waals surface area contributed by atoms with Gasteiger partial charge >= 0.3 is 0 Å². The second kappa shape index (κ2) is 15.1. The van der Waals surface area contributed by atoms with E-state index in [4.69, 9.17) is 20.9 Å². The van der Waals surface area contributed by atoms with Crippen molar-refractivity contribution < 1.29 is 32.1 Å². The molecule has 1 atom stereocenters. The third-order valence-corrected chi connectivity index (χ3v) is 7.54. The van der Waals surface area contributed by atoms with Gasteiger partial charge in [0.25, 0.3) is 0 Å². The van der Waals surface area contributed by atoms with E-state index in [9.17, 15) is 22.6 Å². The Morgan fingerprint density at radius 3 is 1.74 bits per heavy atom. The van der Waals surface area contributed by atoms with Gasteiger partial charge in [0.15, 0.2) is 5.16 Å². The fraction of sp³-hybridized carbons (Fsp3) is 0.214. The van der Waals surface area contributed by atoms with Gasteiger partial charge in [0.05, 0.1) is 36.1 Å². The molecular formula is C28H28F2N6O5S2. The summed E-state index contributed by atoms with van der Waals surface area (Å²) in [7, 11) is 1.31. The maximum Gasteiger partial charge on any atom is 0.220 e. The van der Waals surface area contributed by atoms with Crippen LogP contribution in [0, 0.1) is 11.6 Å². The predicted molar refractivity (Wildman–Crippen MR) is 159 cm³/mol. The van der Waals surface area contributed by atoms with Crippen molar-refractivity contribution in [1.82, 2.24) is 19.9 Å². The second-order valence-corrected chi connectivity index (χ2v) is 11.1. The number of nitrogens with zero attached hydrogens (tertiary/aromatic N) is 4. The number of ketones is 2. The zero-order valence-electron chi connectivity index (χ0n) is 23.6. The summed E-state index contributed by atoms with van der Waals surface area (Å²) in [6.45, 7) is 3.66. The van der Waals surface area contributed by atoms with Crippen LogP contribution in [0.25, 0.3) is 0 Å². The number of rotatable bonds is 10. The molecule has 4 N–H and O–H groups in total. The number of anilines is 2. The Kier molecular flexibility index (Phi) is 11.6. The van der Waals surface area contributed by atoms with Gasteiger partial charge in [0.1, 0.15) is 45.9 Å². The molecule has 0 spiro atoms. The Hall–Kier alpha value is -4.50. The largest absolute Gasteiger partial charge is 0.496 e. The van der Waals surface area contributed by atoms with Crippen molar-refractivity contribution >= 4 is 45.8 Å². The number of benzene rings is 2. The standard InChI is InChI=1S/C14H14FN3O3S.C14H14FN3O2S/c1-3-22(20)14-17-7-8(13(16)18-14)12(19)11-9(15)5-4-6-10(11)21-2;1-3-21-14-17-7-8(13(16)18-14)12(19)11-9(15)5-4-6-10(11)20-2/h4-7H,3H2,1-2H3,(H2,16,17,18);4-7H,3H2,1-2H3,(H2,16,17,18). The van der Waals surface area contributed by atoms with Crippen molar-refractivity contribution in [3.63, 3.8) is 0 Å². The van der Waals surface area contributed by atoms with Gasteiger partial charge in [0.2, 0.25) is 16.7 Å². The second-order valence-electron chi connectivity index (χ2n) is 8.26. The third kappa shape index (κ3) is 7.67. The minimum atomic E-state index is -1.39. The summed E-state index contributed by atoms with van der Waals surface area (Å²) < 4.78 is 49.5. The predicted octanol–water partition coefficient (Wildman–Crippen LogP) is 4.11. The first kappa shape index (κ1) is 33.0. The third-order valence-electron chi connectivity index (χ3n) is 5.67. The number of carbonyl (C=O) groups is 2. The number of hydrogen-bond donors (Lipinski definition) is 2. The van der Waals surface area contributed by atoms with Crippen LogP contribution in [0.1, 0.15) is 45.7 Å². The van der Waals surface area contributed by atoms with E-state index < -0.39 is 34.0 Å². The van der Waals surface area contributed by atoms with Gasteiger partial charge in [-0.3, -0.25) is 13.8 Å². The number of methoxy groups -OCH3 is 2. The Bertz CT molecular complexity index is 1680. The smallest absolute Gasteiger partial charge is 0.220 e. The molecule has 0 fully saturated rings. The monoisotopic (exact) mass is 630 g/mol. The van der Waals surface area contributed by atoms with Crippen LogP contribution in [0.5, 0.6) is 11.5 Å². The molecule has 0 aliphatic rings. The number of aromatic nitrogens is 4. The number of thioether (sulfide) groups is 1. The highest BCUT2D eigenvalue weighted by molar-refractivity contribution is 7.99. The molecule has 0 radical (unpaired) electrons. The summed E-state index contributed by atoms with van der Waals surface area (Å²) in [6, 6.07) is 8.20. The molecule has 4 rings (SSSR count). The number of hydrogen-bond acceptors (Lipinski definition) is 12. The van der Waals surface area contributed by atoms with Gasteiger partial charge in [0, 0.05) is 18.1 Å². The Labute approximate surface area is 252 Å². The first-order valence-corrected chi connectivity index (χ1v) is 14.9. The average molecular weight is 631 g/mol. The van der Waals surface area contributed by atoms with Gasteiger partial charge in [-0.2, -0.15) is 0 Å². The number of carbonyl (C=O) groups excluding carboxylic acids is 2. The molecule has 0 aliphatic heterocycles. The van der Waals surface area contributed by atoms with Crippen LogP contribution in [0.2, 0.25) is 0 Å². The van der Waals surface area contributed by atoms with Crippen molar-refractivity contribution in [2.45, 2.75) is 24.2 Å². The van der Waals surface area contributed by atoms with Gasteiger partial charge < -0.3 is 20.9 Å². The van der Waals surface area contributed by atoms with Gasteiger partial charge in [-0.15, -0.1) is 0 Å². The van der Waals surface area contributed by atoms with E-state index in [1.807, 2.05) is 6.92 Å². The van der Waals surface area contributed by atoms with Crippen LogP contribution in [0.4, 0.5) is 20.4 Å². The Balaban J connectivity index is 0.000000236. The van der Waals surface area contributed by atoms with Crippen LogP contribution >= 0.6 is 11.8 Å². The molecule has 1 unspecified atom stereocenters. The van der Waals surface area contributed by atoms with Crippen molar-refractivity contribution in [3.05, 3.63) is 82.7 Å². The molecule has 0 saturated heterocycles. The molecular weight excluding hydrogens is 602 g/mol. The zero-order chi connectivity index (χ0) is 31.7. The van der Waals surface area contributed by atoms with Crippen LogP contribution in [0.3, 0.4) is 0 Å². The fourth-order valence-electron chi connectivity index (χ4n) is 3.60. The lowest BCUT2D eigenvalue weighted by Gasteiger charge is -2.10. The molecule has 11 nitrogen and oxygen atoms in total. The minimum Gasteiger partial charge on any atom is -0.496 e. The molecule has 4 aromatic rings. The van der Waals surface area contributed by atoms with Gasteiger partial charge in [-0.05, 0) is 30.0 Å². The zero-order valence-corrected chi connectivity index (χ0v) is 25.2. The lowest BCUT2D eigenvalue weighted by Crippen LogP contribution is -2.13. The number of nitrogens with two attached hydrogens (primary N) is 2. The van der Waals surface area contributed by atoms with Crippen LogP contribution in [-0.2, 0) is 10.8 Å².